The van der Waals surface area contributed by atoms with Crippen LogP contribution < -0.4 is 9.80 Å². The van der Waals surface area contributed by atoms with Crippen LogP contribution in [0.25, 0.3) is 66.1 Å². The van der Waals surface area contributed by atoms with Gasteiger partial charge in [-0.25, -0.2) is 0 Å². The van der Waals surface area contributed by atoms with Gasteiger partial charge in [0, 0.05) is 36.8 Å². The summed E-state index contributed by atoms with van der Waals surface area (Å²) in [4.78, 5) is 4.45. The summed E-state index contributed by atoms with van der Waals surface area (Å²) in [5, 5.41) is 5.27. The van der Waals surface area contributed by atoms with Gasteiger partial charge in [-0.2, -0.15) is 0 Å². The lowest BCUT2D eigenvalue weighted by molar-refractivity contribution is 1.11. The Bertz CT molecular complexity index is 2780. The molecule has 9 aromatic rings. The summed E-state index contributed by atoms with van der Waals surface area (Å²) in [6.45, 7) is 0. The van der Waals surface area contributed by atoms with E-state index in [1.807, 2.05) is 0 Å². The maximum atomic E-state index is 2.47. The Morgan fingerprint density at radius 3 is 1.26 bits per heavy atom. The lowest BCUT2D eigenvalue weighted by Crippen LogP contribution is -2.08. The molecule has 0 heterocycles. The quantitative estimate of drug-likeness (QED) is 0.113. The first-order chi connectivity index (χ1) is 28.6. The molecule has 2 nitrogen and oxygen atoms in total. The zero-order valence-electron chi connectivity index (χ0n) is 32.9. The van der Waals surface area contributed by atoms with E-state index in [0.717, 1.165) is 12.8 Å². The van der Waals surface area contributed by atoms with Gasteiger partial charge in [-0.05, 0) is 151 Å². The Morgan fingerprint density at radius 1 is 0.345 bits per heavy atom. The van der Waals surface area contributed by atoms with E-state index < -0.39 is 0 Å². The summed E-state index contributed by atoms with van der Waals surface area (Å²) in [6, 6.07) is 71.0. The molecule has 1 aliphatic carbocycles. The first-order valence-electron chi connectivity index (χ1n) is 20.2. The highest BCUT2D eigenvalue weighted by molar-refractivity contribution is 6.20. The van der Waals surface area contributed by atoms with Gasteiger partial charge in [-0.15, -0.1) is 0 Å². The lowest BCUT2D eigenvalue weighted by Gasteiger charge is -2.23. The predicted molar refractivity (Wildman–Crippen MR) is 249 cm³/mol. The molecule has 0 spiro atoms. The Balaban J connectivity index is 1.02. The van der Waals surface area contributed by atoms with Crippen LogP contribution in [0.4, 0.5) is 22.7 Å². The van der Waals surface area contributed by atoms with E-state index >= 15 is 0 Å². The van der Waals surface area contributed by atoms with E-state index in [4.69, 9.17) is 0 Å². The van der Waals surface area contributed by atoms with Crippen LogP contribution in [0.1, 0.15) is 11.1 Å². The summed E-state index contributed by atoms with van der Waals surface area (Å²) in [6.07, 6.45) is 6.56. The van der Waals surface area contributed by atoms with Gasteiger partial charge in [-0.1, -0.05) is 146 Å². The summed E-state index contributed by atoms with van der Waals surface area (Å²) >= 11 is 0. The summed E-state index contributed by atoms with van der Waals surface area (Å²) in [5.41, 5.74) is 17.5. The van der Waals surface area contributed by atoms with E-state index in [1.54, 1.807) is 0 Å². The van der Waals surface area contributed by atoms with Gasteiger partial charge in [0.05, 0.1) is 0 Å². The molecule has 58 heavy (non-hydrogen) atoms. The number of benzene rings is 9. The Hall–Kier alpha value is -7.16. The van der Waals surface area contributed by atoms with Crippen molar-refractivity contribution in [2.24, 2.45) is 0 Å². The average Bonchev–Trinajstić information content (AvgIpc) is 3.31. The second-order valence-electron chi connectivity index (χ2n) is 15.4. The fourth-order valence-corrected chi connectivity index (χ4v) is 8.76. The van der Waals surface area contributed by atoms with Crippen molar-refractivity contribution in [1.82, 2.24) is 0 Å². The number of anilines is 4. The smallest absolute Gasteiger partial charge is 0.0408 e. The first-order valence-corrected chi connectivity index (χ1v) is 20.2. The van der Waals surface area contributed by atoms with E-state index in [-0.39, 0.29) is 0 Å². The number of hydrogen-bond acceptors (Lipinski definition) is 2. The SMILES string of the molecule is CN(c1ccccc1)c1ccc(-c2ccc(-c3cc4ccccc4c4c(-c5ccc(-c6ccc(N(C)c7ccccc7)cc6)cc5)cc5c(c34)CC=CC5)cc2)cc1. The predicted octanol–water partition coefficient (Wildman–Crippen LogP) is 14.9. The molecule has 10 rings (SSSR count). The van der Waals surface area contributed by atoms with Crippen LogP contribution in [-0.4, -0.2) is 14.1 Å². The molecule has 278 valence electrons. The standard InChI is InChI=1S/C56H44N2/c1-57(47-15-5-3-6-16-47)49-33-29-41(30-34-49)39-21-25-43(26-22-39)53-37-45-13-9-12-20-52(45)56-54(38-46-14-10-11-19-51(46)55(53)56)44-27-23-40(24-28-44)42-31-35-50(36-32-42)58(2)48-17-7-4-8-18-48/h3-13,15-18,20-38H,14,19H2,1-2H3. The van der Waals surface area contributed by atoms with Gasteiger partial charge in [-0.3, -0.25) is 0 Å². The normalized spacial score (nSPS) is 12.1. The molecule has 0 atom stereocenters. The van der Waals surface area contributed by atoms with Crippen molar-refractivity contribution in [3.63, 3.8) is 0 Å². The van der Waals surface area contributed by atoms with E-state index in [2.05, 4.69) is 230 Å². The number of allylic oxidation sites excluding steroid dienone is 2. The molecule has 0 unspecified atom stereocenters. The number of rotatable bonds is 8. The molecular weight excluding hydrogens is 701 g/mol. The van der Waals surface area contributed by atoms with Crippen LogP contribution in [0.2, 0.25) is 0 Å². The molecule has 0 fully saturated rings. The fourth-order valence-electron chi connectivity index (χ4n) is 8.76. The number of hydrogen-bond donors (Lipinski definition) is 0. The van der Waals surface area contributed by atoms with Gasteiger partial charge in [0.1, 0.15) is 0 Å². The first kappa shape index (κ1) is 35.3. The van der Waals surface area contributed by atoms with Crippen molar-refractivity contribution in [2.45, 2.75) is 12.8 Å². The number of fused-ring (bicyclic) bond motifs is 5. The third kappa shape index (κ3) is 6.53. The van der Waals surface area contributed by atoms with Crippen LogP contribution in [0.5, 0.6) is 0 Å². The largest absolute Gasteiger partial charge is 0.345 e. The minimum atomic E-state index is 0.938. The highest BCUT2D eigenvalue weighted by Crippen LogP contribution is 2.45. The second kappa shape index (κ2) is 15.1. The van der Waals surface area contributed by atoms with Crippen LogP contribution >= 0.6 is 0 Å². The number of nitrogens with zero attached hydrogens (tertiary/aromatic N) is 2. The zero-order chi connectivity index (χ0) is 39.0. The van der Waals surface area contributed by atoms with Crippen LogP contribution in [0.15, 0.2) is 206 Å². The van der Waals surface area contributed by atoms with Gasteiger partial charge in [0.2, 0.25) is 0 Å². The Morgan fingerprint density at radius 2 is 0.741 bits per heavy atom. The summed E-state index contributed by atoms with van der Waals surface area (Å²) in [7, 11) is 4.24. The molecule has 0 amide bonds. The van der Waals surface area contributed by atoms with Gasteiger partial charge in [0.25, 0.3) is 0 Å². The maximum absolute atomic E-state index is 2.47. The molecule has 0 saturated carbocycles. The van der Waals surface area contributed by atoms with Gasteiger partial charge < -0.3 is 9.80 Å². The molecule has 2 heteroatoms. The minimum absolute atomic E-state index is 0.938. The molecule has 0 saturated heterocycles. The average molecular weight is 745 g/mol. The van der Waals surface area contributed by atoms with Crippen molar-refractivity contribution in [2.75, 3.05) is 23.9 Å². The molecule has 1 aliphatic rings. The van der Waals surface area contributed by atoms with Gasteiger partial charge in [0.15, 0.2) is 0 Å². The monoisotopic (exact) mass is 744 g/mol. The van der Waals surface area contributed by atoms with Crippen molar-refractivity contribution >= 4 is 44.3 Å². The molecular formula is C56H44N2. The van der Waals surface area contributed by atoms with Gasteiger partial charge >= 0.3 is 0 Å². The topological polar surface area (TPSA) is 6.48 Å². The second-order valence-corrected chi connectivity index (χ2v) is 15.4. The van der Waals surface area contributed by atoms with E-state index in [1.165, 1.54) is 99.9 Å². The van der Waals surface area contributed by atoms with Crippen LogP contribution in [-0.2, 0) is 12.8 Å². The Labute approximate surface area is 341 Å². The van der Waals surface area contributed by atoms with Crippen molar-refractivity contribution in [3.05, 3.63) is 217 Å². The molecule has 0 bridgehead atoms. The van der Waals surface area contributed by atoms with Crippen LogP contribution in [0.3, 0.4) is 0 Å². The third-order valence-electron chi connectivity index (χ3n) is 12.0. The molecule has 9 aromatic carbocycles. The lowest BCUT2D eigenvalue weighted by atomic mass is 9.81. The highest BCUT2D eigenvalue weighted by atomic mass is 15.1. The third-order valence-corrected chi connectivity index (χ3v) is 12.0. The van der Waals surface area contributed by atoms with Crippen molar-refractivity contribution in [3.8, 4) is 44.5 Å². The summed E-state index contributed by atoms with van der Waals surface area (Å²) in [5.74, 6) is 0. The zero-order valence-corrected chi connectivity index (χ0v) is 32.9. The van der Waals surface area contributed by atoms with Crippen molar-refractivity contribution in [1.29, 1.82) is 0 Å². The van der Waals surface area contributed by atoms with E-state index in [9.17, 15) is 0 Å². The Kier molecular flexibility index (Phi) is 9.16. The van der Waals surface area contributed by atoms with E-state index in [0.29, 0.717) is 0 Å². The van der Waals surface area contributed by atoms with Crippen LogP contribution in [0, 0.1) is 0 Å². The minimum Gasteiger partial charge on any atom is -0.345 e. The molecule has 0 aliphatic heterocycles. The fraction of sp³-hybridized carbons (Fsp3) is 0.0714. The molecule has 0 radical (unpaired) electrons. The summed E-state index contributed by atoms with van der Waals surface area (Å²) < 4.78 is 0. The number of para-hydroxylation sites is 2. The maximum Gasteiger partial charge on any atom is 0.0408 e. The molecule has 0 aromatic heterocycles. The highest BCUT2D eigenvalue weighted by Gasteiger charge is 2.21. The molecule has 0 N–H and O–H groups in total. The van der Waals surface area contributed by atoms with Crippen molar-refractivity contribution < 1.29 is 0 Å².